The highest BCUT2D eigenvalue weighted by Gasteiger charge is 2.28. The van der Waals surface area contributed by atoms with Crippen LogP contribution in [0.4, 0.5) is 4.39 Å². The predicted octanol–water partition coefficient (Wildman–Crippen LogP) is 4.84. The van der Waals surface area contributed by atoms with Gasteiger partial charge in [0.05, 0.1) is 6.10 Å². The third-order valence-electron chi connectivity index (χ3n) is 4.13. The van der Waals surface area contributed by atoms with E-state index in [2.05, 4.69) is 22.9 Å². The van der Waals surface area contributed by atoms with Crippen LogP contribution in [0.3, 0.4) is 0 Å². The van der Waals surface area contributed by atoms with Crippen molar-refractivity contribution in [2.75, 3.05) is 0 Å². The molecule has 0 amide bonds. The monoisotopic (exact) mass is 314 g/mol. The van der Waals surface area contributed by atoms with Crippen molar-refractivity contribution in [3.05, 3.63) is 34.1 Å². The molecule has 0 radical (unpaired) electrons. The second-order valence-electron chi connectivity index (χ2n) is 5.31. The van der Waals surface area contributed by atoms with Gasteiger partial charge in [0.1, 0.15) is 5.82 Å². The molecule has 1 fully saturated rings. The predicted molar refractivity (Wildman–Crippen MR) is 74.8 cm³/mol. The molecule has 3 atom stereocenters. The Bertz CT molecular complexity index is 407. The fourth-order valence-electron chi connectivity index (χ4n) is 2.99. The van der Waals surface area contributed by atoms with Crippen LogP contribution in [-0.2, 0) is 0 Å². The topological polar surface area (TPSA) is 20.2 Å². The minimum Gasteiger partial charge on any atom is -0.388 e. The summed E-state index contributed by atoms with van der Waals surface area (Å²) in [6.45, 7) is 2.22. The SMILES string of the molecule is CCC1CCCC(C(O)c2ccc(F)cc2Br)C1. The van der Waals surface area contributed by atoms with E-state index in [4.69, 9.17) is 0 Å². The molecule has 0 bridgehead atoms. The molecule has 1 nitrogen and oxygen atoms in total. The van der Waals surface area contributed by atoms with Gasteiger partial charge in [-0.1, -0.05) is 48.2 Å². The third-order valence-corrected chi connectivity index (χ3v) is 4.82. The first kappa shape index (κ1) is 14.0. The fraction of sp³-hybridized carbons (Fsp3) is 0.600. The van der Waals surface area contributed by atoms with E-state index in [0.29, 0.717) is 10.4 Å². The summed E-state index contributed by atoms with van der Waals surface area (Å²) < 4.78 is 13.7. The number of benzene rings is 1. The zero-order chi connectivity index (χ0) is 13.1. The Morgan fingerprint density at radius 1 is 1.44 bits per heavy atom. The van der Waals surface area contributed by atoms with Crippen LogP contribution in [-0.4, -0.2) is 5.11 Å². The molecule has 100 valence electrons. The van der Waals surface area contributed by atoms with Crippen molar-refractivity contribution in [2.45, 2.75) is 45.1 Å². The van der Waals surface area contributed by atoms with E-state index in [9.17, 15) is 9.50 Å². The molecule has 1 N–H and O–H groups in total. The summed E-state index contributed by atoms with van der Waals surface area (Å²) in [5.41, 5.74) is 0.818. The Morgan fingerprint density at radius 3 is 2.89 bits per heavy atom. The number of aliphatic hydroxyl groups is 1. The summed E-state index contributed by atoms with van der Waals surface area (Å²) in [5.74, 6) is 0.774. The van der Waals surface area contributed by atoms with Gasteiger partial charge in [0.25, 0.3) is 0 Å². The molecule has 1 aromatic rings. The Labute approximate surface area is 117 Å². The van der Waals surface area contributed by atoms with Crippen LogP contribution in [0.5, 0.6) is 0 Å². The van der Waals surface area contributed by atoms with Crippen molar-refractivity contribution < 1.29 is 9.50 Å². The van der Waals surface area contributed by atoms with Crippen molar-refractivity contribution in [3.8, 4) is 0 Å². The summed E-state index contributed by atoms with van der Waals surface area (Å²) in [7, 11) is 0. The minimum atomic E-state index is -0.477. The molecule has 0 heterocycles. The number of aliphatic hydroxyl groups excluding tert-OH is 1. The number of halogens is 2. The quantitative estimate of drug-likeness (QED) is 0.846. The zero-order valence-electron chi connectivity index (χ0n) is 10.7. The average Bonchev–Trinajstić information content (AvgIpc) is 2.38. The molecular formula is C15H20BrFO. The maximum atomic E-state index is 13.1. The van der Waals surface area contributed by atoms with Gasteiger partial charge in [0, 0.05) is 4.47 Å². The zero-order valence-corrected chi connectivity index (χ0v) is 12.3. The maximum Gasteiger partial charge on any atom is 0.124 e. The molecule has 3 heteroatoms. The van der Waals surface area contributed by atoms with Crippen molar-refractivity contribution in [1.82, 2.24) is 0 Å². The lowest BCUT2D eigenvalue weighted by molar-refractivity contribution is 0.0672. The Morgan fingerprint density at radius 2 is 2.22 bits per heavy atom. The highest BCUT2D eigenvalue weighted by Crippen LogP contribution is 2.40. The largest absolute Gasteiger partial charge is 0.388 e. The second-order valence-corrected chi connectivity index (χ2v) is 6.17. The smallest absolute Gasteiger partial charge is 0.124 e. The molecular weight excluding hydrogens is 295 g/mol. The number of rotatable bonds is 3. The standard InChI is InChI=1S/C15H20BrFO/c1-2-10-4-3-5-11(8-10)15(18)13-7-6-12(17)9-14(13)16/h6-7,9-11,15,18H,2-5,8H2,1H3. The molecule has 2 rings (SSSR count). The lowest BCUT2D eigenvalue weighted by Crippen LogP contribution is -2.21. The molecule has 1 aliphatic rings. The van der Waals surface area contributed by atoms with E-state index in [0.717, 1.165) is 24.3 Å². The van der Waals surface area contributed by atoms with Crippen molar-refractivity contribution in [3.63, 3.8) is 0 Å². The van der Waals surface area contributed by atoms with Gasteiger partial charge in [-0.25, -0.2) is 4.39 Å². The van der Waals surface area contributed by atoms with Gasteiger partial charge < -0.3 is 5.11 Å². The van der Waals surface area contributed by atoms with Crippen LogP contribution in [0, 0.1) is 17.7 Å². The van der Waals surface area contributed by atoms with Gasteiger partial charge in [-0.05, 0) is 42.4 Å². The summed E-state index contributed by atoms with van der Waals surface area (Å²) >= 11 is 3.35. The van der Waals surface area contributed by atoms with Gasteiger partial charge in [-0.15, -0.1) is 0 Å². The summed E-state index contributed by atoms with van der Waals surface area (Å²) in [4.78, 5) is 0. The summed E-state index contributed by atoms with van der Waals surface area (Å²) in [5, 5.41) is 10.5. The van der Waals surface area contributed by atoms with E-state index < -0.39 is 6.10 Å². The van der Waals surface area contributed by atoms with Crippen LogP contribution in [0.2, 0.25) is 0 Å². The van der Waals surface area contributed by atoms with Gasteiger partial charge in [0.15, 0.2) is 0 Å². The van der Waals surface area contributed by atoms with E-state index >= 15 is 0 Å². The Balaban J connectivity index is 2.12. The van der Waals surface area contributed by atoms with Crippen LogP contribution in [0.15, 0.2) is 22.7 Å². The van der Waals surface area contributed by atoms with Gasteiger partial charge in [-0.2, -0.15) is 0 Å². The third kappa shape index (κ3) is 3.12. The van der Waals surface area contributed by atoms with Gasteiger partial charge in [-0.3, -0.25) is 0 Å². The van der Waals surface area contributed by atoms with E-state index in [1.807, 2.05) is 0 Å². The van der Waals surface area contributed by atoms with Crippen molar-refractivity contribution >= 4 is 15.9 Å². The molecule has 0 saturated heterocycles. The molecule has 0 aromatic heterocycles. The minimum absolute atomic E-state index is 0.270. The molecule has 0 aliphatic heterocycles. The van der Waals surface area contributed by atoms with Crippen LogP contribution in [0.25, 0.3) is 0 Å². The number of hydrogen-bond acceptors (Lipinski definition) is 1. The highest BCUT2D eigenvalue weighted by molar-refractivity contribution is 9.10. The van der Waals surface area contributed by atoms with Gasteiger partial charge in [0.2, 0.25) is 0 Å². The molecule has 3 unspecified atom stereocenters. The lowest BCUT2D eigenvalue weighted by Gasteiger charge is -2.32. The number of hydrogen-bond donors (Lipinski definition) is 1. The molecule has 18 heavy (non-hydrogen) atoms. The normalized spacial score (nSPS) is 26.0. The summed E-state index contributed by atoms with van der Waals surface area (Å²) in [6.07, 6.45) is 5.34. The van der Waals surface area contributed by atoms with Crippen LogP contribution >= 0.6 is 15.9 Å². The van der Waals surface area contributed by atoms with E-state index in [1.165, 1.54) is 31.4 Å². The Kier molecular flexibility index (Phi) is 4.79. The molecule has 1 aliphatic carbocycles. The van der Waals surface area contributed by atoms with E-state index in [-0.39, 0.29) is 5.82 Å². The summed E-state index contributed by atoms with van der Waals surface area (Å²) in [6, 6.07) is 4.54. The van der Waals surface area contributed by atoms with Crippen molar-refractivity contribution in [1.29, 1.82) is 0 Å². The van der Waals surface area contributed by atoms with Gasteiger partial charge >= 0.3 is 0 Å². The first-order valence-electron chi connectivity index (χ1n) is 6.74. The maximum absolute atomic E-state index is 13.1. The first-order chi connectivity index (χ1) is 8.61. The van der Waals surface area contributed by atoms with Crippen molar-refractivity contribution in [2.24, 2.45) is 11.8 Å². The highest BCUT2D eigenvalue weighted by atomic mass is 79.9. The second kappa shape index (κ2) is 6.16. The molecule has 1 saturated carbocycles. The molecule has 0 spiro atoms. The van der Waals surface area contributed by atoms with E-state index in [1.54, 1.807) is 6.07 Å². The van der Waals surface area contributed by atoms with Crippen LogP contribution in [0.1, 0.15) is 50.7 Å². The Hall–Kier alpha value is -0.410. The lowest BCUT2D eigenvalue weighted by atomic mass is 9.76. The van der Waals surface area contributed by atoms with Crippen LogP contribution < -0.4 is 0 Å². The fourth-order valence-corrected chi connectivity index (χ4v) is 3.57. The average molecular weight is 315 g/mol. The first-order valence-corrected chi connectivity index (χ1v) is 7.54. The molecule has 1 aromatic carbocycles.